The Hall–Kier alpha value is -0.0400. The molecule has 0 bridgehead atoms. The lowest BCUT2D eigenvalue weighted by atomic mass is 10.00. The lowest BCUT2D eigenvalue weighted by Crippen LogP contribution is -2.08. The van der Waals surface area contributed by atoms with Crippen LogP contribution in [0.15, 0.2) is 0 Å². The summed E-state index contributed by atoms with van der Waals surface area (Å²) in [5.41, 5.74) is 0. The van der Waals surface area contributed by atoms with Crippen LogP contribution in [0.5, 0.6) is 0 Å². The molecule has 0 aromatic heterocycles. The first-order valence-electron chi connectivity index (χ1n) is 4.24. The van der Waals surface area contributed by atoms with Crippen LogP contribution in [0, 0.1) is 11.8 Å². The van der Waals surface area contributed by atoms with E-state index < -0.39 is 0 Å². The van der Waals surface area contributed by atoms with Crippen molar-refractivity contribution in [3.8, 4) is 0 Å². The smallest absolute Gasteiger partial charge is 0.0491 e. The zero-order valence-electron chi connectivity index (χ0n) is 7.68. The van der Waals surface area contributed by atoms with Crippen LogP contribution in [-0.4, -0.2) is 13.2 Å². The summed E-state index contributed by atoms with van der Waals surface area (Å²) in [6.45, 7) is 10.6. The second kappa shape index (κ2) is 5.72. The van der Waals surface area contributed by atoms with E-state index in [1.807, 2.05) is 6.92 Å². The molecule has 0 aliphatic carbocycles. The molecule has 1 unspecified atom stereocenters. The summed E-state index contributed by atoms with van der Waals surface area (Å²) in [6, 6.07) is 0. The Morgan fingerprint density at radius 3 is 2.20 bits per heavy atom. The Bertz CT molecular complexity index is 69.1. The van der Waals surface area contributed by atoms with Crippen molar-refractivity contribution < 1.29 is 4.74 Å². The maximum Gasteiger partial charge on any atom is 0.0491 e. The number of hydrogen-bond donors (Lipinski definition) is 0. The van der Waals surface area contributed by atoms with Gasteiger partial charge >= 0.3 is 0 Å². The van der Waals surface area contributed by atoms with Gasteiger partial charge in [-0.3, -0.25) is 0 Å². The summed E-state index contributed by atoms with van der Waals surface area (Å²) in [7, 11) is 0. The summed E-state index contributed by atoms with van der Waals surface area (Å²) in [4.78, 5) is 0. The predicted molar refractivity (Wildman–Crippen MR) is 45.1 cm³/mol. The summed E-state index contributed by atoms with van der Waals surface area (Å²) in [5, 5.41) is 0. The third kappa shape index (κ3) is 6.09. The lowest BCUT2D eigenvalue weighted by molar-refractivity contribution is 0.108. The number of ether oxygens (including phenoxy) is 1. The highest BCUT2D eigenvalue weighted by Crippen LogP contribution is 2.10. The van der Waals surface area contributed by atoms with Gasteiger partial charge in [0.05, 0.1) is 0 Å². The zero-order chi connectivity index (χ0) is 7.98. The average molecular weight is 144 g/mol. The van der Waals surface area contributed by atoms with Crippen LogP contribution < -0.4 is 0 Å². The SMILES string of the molecule is CCOCC(C)CC(C)C. The van der Waals surface area contributed by atoms with Crippen LogP contribution in [-0.2, 0) is 4.74 Å². The fourth-order valence-corrected chi connectivity index (χ4v) is 1.19. The van der Waals surface area contributed by atoms with Gasteiger partial charge in [-0.1, -0.05) is 20.8 Å². The van der Waals surface area contributed by atoms with E-state index >= 15 is 0 Å². The molecule has 0 saturated heterocycles. The average Bonchev–Trinajstić information content (AvgIpc) is 1.82. The molecule has 0 N–H and O–H groups in total. The van der Waals surface area contributed by atoms with Crippen molar-refractivity contribution >= 4 is 0 Å². The predicted octanol–water partition coefficient (Wildman–Crippen LogP) is 2.71. The molecule has 0 aromatic rings. The Labute approximate surface area is 64.8 Å². The summed E-state index contributed by atoms with van der Waals surface area (Å²) in [6.07, 6.45) is 1.28. The molecule has 0 heterocycles. The summed E-state index contributed by atoms with van der Waals surface area (Å²) >= 11 is 0. The van der Waals surface area contributed by atoms with Gasteiger partial charge < -0.3 is 4.74 Å². The molecule has 0 fully saturated rings. The van der Waals surface area contributed by atoms with Gasteiger partial charge in [0.25, 0.3) is 0 Å². The van der Waals surface area contributed by atoms with Crippen LogP contribution in [0.1, 0.15) is 34.1 Å². The normalized spacial score (nSPS) is 14.1. The minimum absolute atomic E-state index is 0.722. The molecular weight excluding hydrogens is 124 g/mol. The van der Waals surface area contributed by atoms with Crippen molar-refractivity contribution in [1.82, 2.24) is 0 Å². The molecule has 0 aromatic carbocycles. The first kappa shape index (κ1) is 9.96. The lowest BCUT2D eigenvalue weighted by Gasteiger charge is -2.12. The van der Waals surface area contributed by atoms with Gasteiger partial charge in [-0.2, -0.15) is 0 Å². The van der Waals surface area contributed by atoms with Crippen LogP contribution >= 0.6 is 0 Å². The molecule has 0 aliphatic rings. The van der Waals surface area contributed by atoms with Crippen molar-refractivity contribution in [2.75, 3.05) is 13.2 Å². The van der Waals surface area contributed by atoms with Gasteiger partial charge in [0.15, 0.2) is 0 Å². The van der Waals surface area contributed by atoms with E-state index in [9.17, 15) is 0 Å². The number of rotatable bonds is 5. The van der Waals surface area contributed by atoms with Crippen LogP contribution in [0.3, 0.4) is 0 Å². The monoisotopic (exact) mass is 144 g/mol. The van der Waals surface area contributed by atoms with Crippen molar-refractivity contribution in [3.05, 3.63) is 0 Å². The topological polar surface area (TPSA) is 9.23 Å². The molecular formula is C9H20O. The van der Waals surface area contributed by atoms with Gasteiger partial charge in [0.1, 0.15) is 0 Å². The first-order chi connectivity index (χ1) is 4.66. The molecule has 1 atom stereocenters. The molecule has 0 rings (SSSR count). The highest BCUT2D eigenvalue weighted by Gasteiger charge is 2.03. The molecule has 0 radical (unpaired) electrons. The summed E-state index contributed by atoms with van der Waals surface area (Å²) < 4.78 is 5.30. The second-order valence-electron chi connectivity index (χ2n) is 3.39. The second-order valence-corrected chi connectivity index (χ2v) is 3.39. The molecule has 1 nitrogen and oxygen atoms in total. The number of hydrogen-bond acceptors (Lipinski definition) is 1. The zero-order valence-corrected chi connectivity index (χ0v) is 7.68. The van der Waals surface area contributed by atoms with Gasteiger partial charge in [0.2, 0.25) is 0 Å². The maximum absolute atomic E-state index is 5.30. The molecule has 0 amide bonds. The molecule has 0 aliphatic heterocycles. The largest absolute Gasteiger partial charge is 0.381 e. The molecule has 0 saturated carbocycles. The van der Waals surface area contributed by atoms with E-state index in [4.69, 9.17) is 4.74 Å². The Morgan fingerprint density at radius 2 is 1.80 bits per heavy atom. The molecule has 0 spiro atoms. The highest BCUT2D eigenvalue weighted by atomic mass is 16.5. The van der Waals surface area contributed by atoms with Crippen LogP contribution in [0.25, 0.3) is 0 Å². The van der Waals surface area contributed by atoms with E-state index in [-0.39, 0.29) is 0 Å². The van der Waals surface area contributed by atoms with Crippen molar-refractivity contribution in [1.29, 1.82) is 0 Å². The molecule has 10 heavy (non-hydrogen) atoms. The Morgan fingerprint density at radius 1 is 1.20 bits per heavy atom. The van der Waals surface area contributed by atoms with E-state index in [0.29, 0.717) is 0 Å². The van der Waals surface area contributed by atoms with Crippen molar-refractivity contribution in [2.24, 2.45) is 11.8 Å². The Kier molecular flexibility index (Phi) is 5.70. The third-order valence-electron chi connectivity index (χ3n) is 1.48. The van der Waals surface area contributed by atoms with E-state index in [1.165, 1.54) is 6.42 Å². The minimum atomic E-state index is 0.722. The van der Waals surface area contributed by atoms with Crippen molar-refractivity contribution in [3.63, 3.8) is 0 Å². The maximum atomic E-state index is 5.30. The van der Waals surface area contributed by atoms with Gasteiger partial charge in [-0.15, -0.1) is 0 Å². The first-order valence-corrected chi connectivity index (χ1v) is 4.24. The van der Waals surface area contributed by atoms with Gasteiger partial charge in [0, 0.05) is 13.2 Å². The van der Waals surface area contributed by atoms with Crippen molar-refractivity contribution in [2.45, 2.75) is 34.1 Å². The van der Waals surface area contributed by atoms with Gasteiger partial charge in [-0.25, -0.2) is 0 Å². The fourth-order valence-electron chi connectivity index (χ4n) is 1.19. The quantitative estimate of drug-likeness (QED) is 0.576. The van der Waals surface area contributed by atoms with E-state index in [1.54, 1.807) is 0 Å². The van der Waals surface area contributed by atoms with Crippen LogP contribution in [0.2, 0.25) is 0 Å². The highest BCUT2D eigenvalue weighted by molar-refractivity contribution is 4.53. The van der Waals surface area contributed by atoms with E-state index in [0.717, 1.165) is 25.0 Å². The van der Waals surface area contributed by atoms with Crippen LogP contribution in [0.4, 0.5) is 0 Å². The van der Waals surface area contributed by atoms with E-state index in [2.05, 4.69) is 20.8 Å². The van der Waals surface area contributed by atoms with Gasteiger partial charge in [-0.05, 0) is 25.2 Å². The minimum Gasteiger partial charge on any atom is -0.381 e. The molecule has 62 valence electrons. The Balaban J connectivity index is 3.16. The third-order valence-corrected chi connectivity index (χ3v) is 1.48. The molecule has 1 heteroatoms. The summed E-state index contributed by atoms with van der Waals surface area (Å²) in [5.74, 6) is 1.52. The standard InChI is InChI=1S/C9H20O/c1-5-10-7-9(4)6-8(2)3/h8-9H,5-7H2,1-4H3. The fraction of sp³-hybridized carbons (Fsp3) is 1.00.